The molecule has 0 spiro atoms. The summed E-state index contributed by atoms with van der Waals surface area (Å²) in [6.45, 7) is 2.26. The molecule has 32 heavy (non-hydrogen) atoms. The zero-order valence-electron chi connectivity index (χ0n) is 19.9. The number of aryl methyl sites for hydroxylation is 1. The summed E-state index contributed by atoms with van der Waals surface area (Å²) in [5.41, 5.74) is 1.24. The van der Waals surface area contributed by atoms with Gasteiger partial charge in [0, 0.05) is 0 Å². The van der Waals surface area contributed by atoms with Crippen LogP contribution in [-0.4, -0.2) is 13.0 Å². The fraction of sp³-hybridized carbons (Fsp3) is 0.538. The van der Waals surface area contributed by atoms with Crippen LogP contribution in [-0.2, 0) is 16.5 Å². The van der Waals surface area contributed by atoms with Crippen molar-refractivity contribution in [2.45, 2.75) is 95.3 Å². The number of para-hydroxylation sites is 1. The Hall–Kier alpha value is -0.850. The van der Waals surface area contributed by atoms with Gasteiger partial charge in [-0.2, -0.15) is 0 Å². The van der Waals surface area contributed by atoms with Crippen molar-refractivity contribution >= 4 is 10.1 Å². The molecule has 0 aliphatic rings. The van der Waals surface area contributed by atoms with E-state index in [0.717, 1.165) is 6.42 Å². The van der Waals surface area contributed by atoms with E-state index in [0.29, 0.717) is 5.75 Å². The van der Waals surface area contributed by atoms with Crippen LogP contribution >= 0.6 is 0 Å². The zero-order valence-corrected chi connectivity index (χ0v) is 22.7. The number of hydrogen-bond acceptors (Lipinski definition) is 4. The first-order valence-corrected chi connectivity index (χ1v) is 13.2. The van der Waals surface area contributed by atoms with E-state index < -0.39 is 10.1 Å². The summed E-state index contributed by atoms with van der Waals surface area (Å²) in [4.78, 5) is -0.337. The second kappa shape index (κ2) is 16.7. The van der Waals surface area contributed by atoms with Crippen molar-refractivity contribution in [1.29, 1.82) is 0 Å². The zero-order chi connectivity index (χ0) is 22.4. The van der Waals surface area contributed by atoms with Crippen LogP contribution in [0.5, 0.6) is 11.5 Å². The Kier molecular flexibility index (Phi) is 15.2. The number of rotatable bonds is 16. The molecular weight excluding hydrogens is 431 g/mol. The molecule has 4 nitrogen and oxygen atoms in total. The molecular formula is C26H37NaO4S. The van der Waals surface area contributed by atoms with Gasteiger partial charge in [-0.25, -0.2) is 8.42 Å². The molecule has 0 saturated carbocycles. The molecule has 0 radical (unpaired) electrons. The molecule has 0 aliphatic carbocycles. The third-order valence-corrected chi connectivity index (χ3v) is 6.46. The van der Waals surface area contributed by atoms with Gasteiger partial charge in [0.2, 0.25) is 0 Å². The van der Waals surface area contributed by atoms with E-state index in [9.17, 15) is 13.0 Å². The largest absolute Gasteiger partial charge is 1.00 e. The number of ether oxygens (including phenoxy) is 1. The Morgan fingerprint density at radius 3 is 1.75 bits per heavy atom. The summed E-state index contributed by atoms with van der Waals surface area (Å²) in [6, 6.07) is 13.6. The maximum atomic E-state index is 11.4. The van der Waals surface area contributed by atoms with Crippen molar-refractivity contribution < 1.29 is 47.3 Å². The van der Waals surface area contributed by atoms with Crippen LogP contribution in [0, 0.1) is 0 Å². The molecule has 0 heterocycles. The molecule has 172 valence electrons. The average molecular weight is 469 g/mol. The van der Waals surface area contributed by atoms with Gasteiger partial charge in [0.15, 0.2) is 0 Å². The third-order valence-electron chi connectivity index (χ3n) is 5.59. The number of unbranched alkanes of at least 4 members (excludes halogenated alkanes) is 11. The SMILES string of the molecule is CCCCCCCCCCCCCCc1ccc(Oc2ccccc2S(=O)(=O)[O-])cc1.[Na+]. The monoisotopic (exact) mass is 468 g/mol. The fourth-order valence-electron chi connectivity index (χ4n) is 3.76. The first kappa shape index (κ1) is 29.2. The molecule has 2 rings (SSSR count). The summed E-state index contributed by atoms with van der Waals surface area (Å²) < 4.78 is 39.7. The predicted molar refractivity (Wildman–Crippen MR) is 126 cm³/mol. The van der Waals surface area contributed by atoms with E-state index in [1.54, 1.807) is 6.07 Å². The average Bonchev–Trinajstić information content (AvgIpc) is 2.75. The predicted octanol–water partition coefficient (Wildman–Crippen LogP) is 4.63. The first-order chi connectivity index (χ1) is 15.0. The topological polar surface area (TPSA) is 66.4 Å². The van der Waals surface area contributed by atoms with E-state index in [-0.39, 0.29) is 40.2 Å². The summed E-state index contributed by atoms with van der Waals surface area (Å²) in [5.74, 6) is 0.584. The minimum Gasteiger partial charge on any atom is -0.744 e. The molecule has 0 amide bonds. The third kappa shape index (κ3) is 11.9. The summed E-state index contributed by atoms with van der Waals surface area (Å²) >= 11 is 0. The Bertz CT molecular complexity index is 850. The number of benzene rings is 2. The molecule has 0 unspecified atom stereocenters. The summed E-state index contributed by atoms with van der Waals surface area (Å²) in [5, 5.41) is 0. The Balaban J connectivity index is 0.00000512. The minimum atomic E-state index is -4.57. The normalized spacial score (nSPS) is 11.2. The second-order valence-electron chi connectivity index (χ2n) is 8.29. The van der Waals surface area contributed by atoms with Crippen molar-refractivity contribution in [3.05, 3.63) is 54.1 Å². The summed E-state index contributed by atoms with van der Waals surface area (Å²) in [7, 11) is -4.57. The summed E-state index contributed by atoms with van der Waals surface area (Å²) in [6.07, 6.45) is 17.1. The Labute approximate surface area is 217 Å². The maximum Gasteiger partial charge on any atom is 1.00 e. The molecule has 0 N–H and O–H groups in total. The van der Waals surface area contributed by atoms with Gasteiger partial charge in [-0.3, -0.25) is 0 Å². The van der Waals surface area contributed by atoms with Crippen LogP contribution in [0.2, 0.25) is 0 Å². The molecule has 0 saturated heterocycles. The van der Waals surface area contributed by atoms with Gasteiger partial charge in [0.25, 0.3) is 0 Å². The Morgan fingerprint density at radius 2 is 1.22 bits per heavy atom. The van der Waals surface area contributed by atoms with Crippen LogP contribution in [0.1, 0.15) is 89.5 Å². The van der Waals surface area contributed by atoms with Crippen LogP contribution in [0.25, 0.3) is 0 Å². The van der Waals surface area contributed by atoms with Crippen LogP contribution in [0.15, 0.2) is 53.4 Å². The van der Waals surface area contributed by atoms with Gasteiger partial charge in [-0.15, -0.1) is 0 Å². The molecule has 2 aromatic rings. The molecule has 0 bridgehead atoms. The van der Waals surface area contributed by atoms with Crippen molar-refractivity contribution in [2.24, 2.45) is 0 Å². The molecule has 0 atom stereocenters. The molecule has 6 heteroatoms. The van der Waals surface area contributed by atoms with Gasteiger partial charge in [0.05, 0.1) is 4.90 Å². The molecule has 0 aromatic heterocycles. The van der Waals surface area contributed by atoms with Gasteiger partial charge >= 0.3 is 29.6 Å². The van der Waals surface area contributed by atoms with E-state index >= 15 is 0 Å². The Morgan fingerprint density at radius 1 is 0.719 bits per heavy atom. The minimum absolute atomic E-state index is 0. The maximum absolute atomic E-state index is 11.4. The van der Waals surface area contributed by atoms with Crippen LogP contribution in [0.3, 0.4) is 0 Å². The van der Waals surface area contributed by atoms with Crippen molar-refractivity contribution in [1.82, 2.24) is 0 Å². The molecule has 2 aromatic carbocycles. The standard InChI is InChI=1S/C26H38O4S.Na/c1-2-3-4-5-6-7-8-9-10-11-12-13-16-23-19-21-24(22-20-23)30-25-17-14-15-18-26(25)31(27,28)29;/h14-15,17-22H,2-13,16H2,1H3,(H,27,28,29);/q;+1/p-1. The smallest absolute Gasteiger partial charge is 0.744 e. The quantitative estimate of drug-likeness (QED) is 0.205. The van der Waals surface area contributed by atoms with Crippen LogP contribution < -0.4 is 34.3 Å². The van der Waals surface area contributed by atoms with Gasteiger partial charge in [0.1, 0.15) is 21.6 Å². The van der Waals surface area contributed by atoms with Gasteiger partial charge in [-0.1, -0.05) is 102 Å². The van der Waals surface area contributed by atoms with Crippen molar-refractivity contribution in [3.63, 3.8) is 0 Å². The second-order valence-corrected chi connectivity index (χ2v) is 9.63. The van der Waals surface area contributed by atoms with Crippen molar-refractivity contribution in [3.8, 4) is 11.5 Å². The van der Waals surface area contributed by atoms with E-state index in [2.05, 4.69) is 6.92 Å². The first-order valence-electron chi connectivity index (χ1n) is 11.8. The van der Waals surface area contributed by atoms with E-state index in [4.69, 9.17) is 4.74 Å². The number of hydrogen-bond donors (Lipinski definition) is 0. The van der Waals surface area contributed by atoms with Gasteiger partial charge in [-0.05, 0) is 42.7 Å². The fourth-order valence-corrected chi connectivity index (χ4v) is 4.36. The van der Waals surface area contributed by atoms with Crippen LogP contribution in [0.4, 0.5) is 0 Å². The molecule has 0 fully saturated rings. The van der Waals surface area contributed by atoms with Crippen molar-refractivity contribution in [2.75, 3.05) is 0 Å². The molecule has 0 aliphatic heterocycles. The van der Waals surface area contributed by atoms with E-state index in [1.165, 1.54) is 101 Å². The van der Waals surface area contributed by atoms with Gasteiger partial charge < -0.3 is 9.29 Å². The van der Waals surface area contributed by atoms with E-state index in [1.807, 2.05) is 24.3 Å².